The second-order valence-corrected chi connectivity index (χ2v) is 12.9. The van der Waals surface area contributed by atoms with Crippen LogP contribution in [0.4, 0.5) is 4.39 Å². The van der Waals surface area contributed by atoms with Crippen molar-refractivity contribution in [2.45, 2.75) is 70.2 Å². The van der Waals surface area contributed by atoms with Gasteiger partial charge >= 0.3 is 0 Å². The summed E-state index contributed by atoms with van der Waals surface area (Å²) in [6.07, 6.45) is -3.06. The predicted molar refractivity (Wildman–Crippen MR) is 189 cm³/mol. The van der Waals surface area contributed by atoms with E-state index in [0.29, 0.717) is 17.7 Å². The highest BCUT2D eigenvalue weighted by molar-refractivity contribution is 5.94. The van der Waals surface area contributed by atoms with Gasteiger partial charge in [-0.15, -0.1) is 0 Å². The van der Waals surface area contributed by atoms with Crippen LogP contribution in [0.3, 0.4) is 0 Å². The summed E-state index contributed by atoms with van der Waals surface area (Å²) in [6, 6.07) is 42.4. The molecule has 0 aliphatic carbocycles. The van der Waals surface area contributed by atoms with Gasteiger partial charge in [0.15, 0.2) is 5.78 Å². The highest BCUT2D eigenvalue weighted by atomic mass is 19.1. The number of Topliss-reactive ketones (excluding diaryl/α,β-unsaturated/α-hetero) is 1. The molecule has 7 nitrogen and oxygen atoms in total. The Labute approximate surface area is 297 Å². The van der Waals surface area contributed by atoms with Crippen LogP contribution in [0.2, 0.25) is 0 Å². The van der Waals surface area contributed by atoms with Gasteiger partial charge in [-0.25, -0.2) is 4.39 Å². The molecule has 1 spiro atoms. The Morgan fingerprint density at radius 1 is 0.686 bits per heavy atom. The zero-order valence-corrected chi connectivity index (χ0v) is 28.5. The van der Waals surface area contributed by atoms with Gasteiger partial charge in [-0.2, -0.15) is 0 Å². The van der Waals surface area contributed by atoms with E-state index >= 15 is 4.39 Å². The smallest absolute Gasteiger partial charge is 0.226 e. The SMILES string of the molecule is CC(=O)c1cc2c(cc1F)CO[C@]21O[C@H](COCc2ccccc2)[C@@H](OCc2ccccc2)[C@H](OCc2ccccc2)[C@H]1OCc1ccccc1. The molecule has 5 aromatic rings. The average molecular weight is 689 g/mol. The molecular weight excluding hydrogens is 647 g/mol. The van der Waals surface area contributed by atoms with Crippen LogP contribution in [0.15, 0.2) is 133 Å². The zero-order valence-electron chi connectivity index (χ0n) is 28.5. The Hall–Kier alpha value is -4.54. The number of hydrogen-bond acceptors (Lipinski definition) is 7. The first kappa shape index (κ1) is 34.9. The fourth-order valence-corrected chi connectivity index (χ4v) is 6.76. The van der Waals surface area contributed by atoms with Crippen molar-refractivity contribution in [1.29, 1.82) is 0 Å². The van der Waals surface area contributed by atoms with Gasteiger partial charge in [0.05, 0.1) is 45.2 Å². The number of ketones is 1. The summed E-state index contributed by atoms with van der Waals surface area (Å²) in [6.45, 7) is 2.62. The standard InChI is InChI=1S/C43H41FO7/c1-30(45)36-23-37-35(22-38(36)44)28-50-43(37)42(49-27-34-20-12-5-13-21-34)41(48-26-33-18-10-4-11-19-33)40(47-25-32-16-8-3-9-17-32)39(51-43)29-46-24-31-14-6-2-7-15-31/h2-23,39-42H,24-29H2,1H3/t39-,40-,41+,42-,43+/m1/s1. The minimum atomic E-state index is -1.57. The summed E-state index contributed by atoms with van der Waals surface area (Å²) in [5.74, 6) is -2.58. The molecule has 2 aliphatic rings. The largest absolute Gasteiger partial charge is 0.374 e. The molecule has 0 radical (unpaired) electrons. The zero-order chi connectivity index (χ0) is 35.0. The molecule has 0 unspecified atom stereocenters. The molecule has 262 valence electrons. The molecule has 1 fully saturated rings. The third-order valence-corrected chi connectivity index (χ3v) is 9.32. The van der Waals surface area contributed by atoms with Crippen molar-refractivity contribution < 1.29 is 37.6 Å². The third-order valence-electron chi connectivity index (χ3n) is 9.32. The monoisotopic (exact) mass is 688 g/mol. The second-order valence-electron chi connectivity index (χ2n) is 12.9. The number of benzene rings is 5. The van der Waals surface area contributed by atoms with Crippen molar-refractivity contribution >= 4 is 5.78 Å². The number of halogens is 1. The summed E-state index contributed by atoms with van der Waals surface area (Å²) < 4.78 is 55.6. The minimum Gasteiger partial charge on any atom is -0.374 e. The summed E-state index contributed by atoms with van der Waals surface area (Å²) in [5.41, 5.74) is 4.93. The molecule has 8 heteroatoms. The molecule has 5 atom stereocenters. The van der Waals surface area contributed by atoms with Crippen molar-refractivity contribution in [1.82, 2.24) is 0 Å². The minimum absolute atomic E-state index is 0.0498. The van der Waals surface area contributed by atoms with Gasteiger partial charge in [0.2, 0.25) is 5.79 Å². The first-order valence-corrected chi connectivity index (χ1v) is 17.2. The Bertz CT molecular complexity index is 1870. The van der Waals surface area contributed by atoms with E-state index in [-0.39, 0.29) is 38.6 Å². The fourth-order valence-electron chi connectivity index (χ4n) is 6.76. The molecule has 1 saturated heterocycles. The third kappa shape index (κ3) is 8.02. The van der Waals surface area contributed by atoms with E-state index in [1.54, 1.807) is 6.07 Å². The molecule has 0 bridgehead atoms. The lowest BCUT2D eigenvalue weighted by molar-refractivity contribution is -0.387. The lowest BCUT2D eigenvalue weighted by atomic mass is 9.85. The number of carbonyl (C=O) groups excluding carboxylic acids is 1. The number of ether oxygens (including phenoxy) is 6. The number of rotatable bonds is 14. The molecule has 51 heavy (non-hydrogen) atoms. The van der Waals surface area contributed by atoms with E-state index in [4.69, 9.17) is 28.4 Å². The van der Waals surface area contributed by atoms with E-state index in [0.717, 1.165) is 22.3 Å². The van der Waals surface area contributed by atoms with Crippen LogP contribution < -0.4 is 0 Å². The van der Waals surface area contributed by atoms with Crippen LogP contribution in [0.25, 0.3) is 0 Å². The van der Waals surface area contributed by atoms with E-state index in [9.17, 15) is 4.79 Å². The van der Waals surface area contributed by atoms with Crippen LogP contribution in [-0.2, 0) is 67.2 Å². The lowest BCUT2D eigenvalue weighted by Crippen LogP contribution is -2.65. The Balaban J connectivity index is 1.31. The van der Waals surface area contributed by atoms with Crippen LogP contribution in [0, 0.1) is 5.82 Å². The normalized spacial score (nSPS) is 22.5. The topological polar surface area (TPSA) is 72.5 Å². The maximum absolute atomic E-state index is 15.2. The molecule has 0 amide bonds. The molecule has 0 aromatic heterocycles. The van der Waals surface area contributed by atoms with Crippen LogP contribution in [-0.4, -0.2) is 36.8 Å². The molecule has 0 N–H and O–H groups in total. The van der Waals surface area contributed by atoms with Crippen LogP contribution >= 0.6 is 0 Å². The number of carbonyl (C=O) groups is 1. The Kier molecular flexibility index (Phi) is 11.1. The highest BCUT2D eigenvalue weighted by Gasteiger charge is 2.61. The lowest BCUT2D eigenvalue weighted by Gasteiger charge is -2.51. The molecule has 2 heterocycles. The van der Waals surface area contributed by atoms with E-state index < -0.39 is 41.8 Å². The van der Waals surface area contributed by atoms with Gasteiger partial charge in [0.1, 0.15) is 30.2 Å². The van der Waals surface area contributed by atoms with E-state index in [1.165, 1.54) is 13.0 Å². The number of hydrogen-bond donors (Lipinski definition) is 0. The van der Waals surface area contributed by atoms with Gasteiger partial charge in [-0.3, -0.25) is 4.79 Å². The first-order valence-electron chi connectivity index (χ1n) is 17.2. The van der Waals surface area contributed by atoms with Crippen molar-refractivity contribution in [2.24, 2.45) is 0 Å². The van der Waals surface area contributed by atoms with Crippen molar-refractivity contribution in [3.63, 3.8) is 0 Å². The van der Waals surface area contributed by atoms with Gasteiger partial charge in [-0.1, -0.05) is 121 Å². The second kappa shape index (κ2) is 16.2. The number of fused-ring (bicyclic) bond motifs is 2. The molecule has 2 aliphatic heterocycles. The Morgan fingerprint density at radius 3 is 1.71 bits per heavy atom. The predicted octanol–water partition coefficient (Wildman–Crippen LogP) is 8.08. The van der Waals surface area contributed by atoms with Gasteiger partial charge in [-0.05, 0) is 46.9 Å². The summed E-state index contributed by atoms with van der Waals surface area (Å²) >= 11 is 0. The van der Waals surface area contributed by atoms with E-state index in [2.05, 4.69) is 0 Å². The maximum atomic E-state index is 15.2. The molecule has 7 rings (SSSR count). The summed E-state index contributed by atoms with van der Waals surface area (Å²) in [4.78, 5) is 12.6. The fraction of sp³-hybridized carbons (Fsp3) is 0.279. The average Bonchev–Trinajstić information content (AvgIpc) is 3.51. The van der Waals surface area contributed by atoms with E-state index in [1.807, 2.05) is 121 Å². The Morgan fingerprint density at radius 2 is 1.18 bits per heavy atom. The first-order chi connectivity index (χ1) is 25.0. The molecule has 5 aromatic carbocycles. The van der Waals surface area contributed by atoms with Crippen molar-refractivity contribution in [3.05, 3.63) is 178 Å². The summed E-state index contributed by atoms with van der Waals surface area (Å²) in [7, 11) is 0. The van der Waals surface area contributed by atoms with Crippen molar-refractivity contribution in [3.8, 4) is 0 Å². The quantitative estimate of drug-likeness (QED) is 0.109. The van der Waals surface area contributed by atoms with Gasteiger partial charge in [0, 0.05) is 5.56 Å². The maximum Gasteiger partial charge on any atom is 0.226 e. The van der Waals surface area contributed by atoms with Crippen LogP contribution in [0.1, 0.15) is 50.7 Å². The van der Waals surface area contributed by atoms with Gasteiger partial charge < -0.3 is 28.4 Å². The molecular formula is C43H41FO7. The van der Waals surface area contributed by atoms with Gasteiger partial charge in [0.25, 0.3) is 0 Å². The van der Waals surface area contributed by atoms with Crippen molar-refractivity contribution in [2.75, 3.05) is 6.61 Å². The van der Waals surface area contributed by atoms with Crippen LogP contribution in [0.5, 0.6) is 0 Å². The summed E-state index contributed by atoms with van der Waals surface area (Å²) in [5, 5.41) is 0. The highest BCUT2D eigenvalue weighted by Crippen LogP contribution is 2.49. The molecule has 0 saturated carbocycles.